The van der Waals surface area contributed by atoms with Crippen LogP contribution in [0.2, 0.25) is 0 Å². The van der Waals surface area contributed by atoms with Crippen LogP contribution in [0.5, 0.6) is 5.75 Å². The number of esters is 1. The number of rotatable bonds is 4. The fraction of sp³-hybridized carbons (Fsp3) is 0.450. The molecular formula is C20H18BrNO4. The van der Waals surface area contributed by atoms with Crippen molar-refractivity contribution in [3.63, 3.8) is 0 Å². The van der Waals surface area contributed by atoms with Gasteiger partial charge in [-0.1, -0.05) is 28.1 Å². The third kappa shape index (κ3) is 2.38. The van der Waals surface area contributed by atoms with Gasteiger partial charge in [0.25, 0.3) is 0 Å². The van der Waals surface area contributed by atoms with E-state index in [0.717, 1.165) is 10.9 Å². The highest BCUT2D eigenvalue weighted by Crippen LogP contribution is 2.65. The molecular weight excluding hydrogens is 398 g/mol. The van der Waals surface area contributed by atoms with E-state index in [9.17, 15) is 14.4 Å². The Morgan fingerprint density at radius 2 is 1.62 bits per heavy atom. The number of imide groups is 1. The Hall–Kier alpha value is -1.95. The van der Waals surface area contributed by atoms with E-state index in [4.69, 9.17) is 4.74 Å². The van der Waals surface area contributed by atoms with Crippen LogP contribution in [-0.2, 0) is 14.4 Å². The number of halogens is 1. The maximum Gasteiger partial charge on any atom is 0.312 e. The van der Waals surface area contributed by atoms with E-state index < -0.39 is 5.97 Å². The first-order chi connectivity index (χ1) is 12.5. The molecule has 3 fully saturated rings. The minimum absolute atomic E-state index is 0.0165. The molecule has 6 rings (SSSR count). The smallest absolute Gasteiger partial charge is 0.312 e. The molecule has 134 valence electrons. The van der Waals surface area contributed by atoms with Crippen molar-refractivity contribution in [2.75, 3.05) is 6.54 Å². The van der Waals surface area contributed by atoms with Crippen LogP contribution in [0.15, 0.2) is 40.9 Å². The van der Waals surface area contributed by atoms with E-state index in [1.165, 1.54) is 4.90 Å². The molecule has 0 aromatic heterocycles. The first-order valence-corrected chi connectivity index (χ1v) is 9.83. The van der Waals surface area contributed by atoms with E-state index in [2.05, 4.69) is 28.1 Å². The third-order valence-electron chi connectivity index (χ3n) is 6.34. The SMILES string of the molecule is O=C(CCN1C(=O)[C@@H]2[C@H]3C=C[C@H]([C@H]4C[C@@H]34)[C@@H]2C1=O)Oc1ccc(Br)cc1. The predicted molar refractivity (Wildman–Crippen MR) is 95.8 cm³/mol. The Morgan fingerprint density at radius 3 is 2.19 bits per heavy atom. The number of carbonyl (C=O) groups is 3. The summed E-state index contributed by atoms with van der Waals surface area (Å²) < 4.78 is 6.17. The minimum Gasteiger partial charge on any atom is -0.426 e. The fourth-order valence-electron chi connectivity index (χ4n) is 5.13. The molecule has 1 saturated heterocycles. The van der Waals surface area contributed by atoms with E-state index in [0.29, 0.717) is 17.6 Å². The topological polar surface area (TPSA) is 63.7 Å². The normalized spacial score (nSPS) is 36.1. The molecule has 26 heavy (non-hydrogen) atoms. The summed E-state index contributed by atoms with van der Waals surface area (Å²) in [5, 5.41) is 0. The van der Waals surface area contributed by atoms with Crippen LogP contribution in [0, 0.1) is 35.5 Å². The Morgan fingerprint density at radius 1 is 1.04 bits per heavy atom. The molecule has 2 amide bonds. The van der Waals surface area contributed by atoms with Crippen LogP contribution < -0.4 is 4.74 Å². The largest absolute Gasteiger partial charge is 0.426 e. The van der Waals surface area contributed by atoms with Crippen molar-refractivity contribution >= 4 is 33.7 Å². The van der Waals surface area contributed by atoms with Gasteiger partial charge in [0.1, 0.15) is 5.75 Å². The molecule has 1 aromatic rings. The molecule has 6 atom stereocenters. The van der Waals surface area contributed by atoms with Crippen molar-refractivity contribution in [3.8, 4) is 5.75 Å². The molecule has 2 bridgehead atoms. The number of carbonyl (C=O) groups excluding carboxylic acids is 3. The van der Waals surface area contributed by atoms with Crippen LogP contribution >= 0.6 is 15.9 Å². The van der Waals surface area contributed by atoms with Gasteiger partial charge in [-0.15, -0.1) is 0 Å². The van der Waals surface area contributed by atoms with Crippen molar-refractivity contribution in [1.29, 1.82) is 0 Å². The monoisotopic (exact) mass is 415 g/mol. The predicted octanol–water partition coefficient (Wildman–Crippen LogP) is 2.80. The highest BCUT2D eigenvalue weighted by atomic mass is 79.9. The summed E-state index contributed by atoms with van der Waals surface area (Å²) in [7, 11) is 0. The number of allylic oxidation sites excluding steroid dienone is 2. The zero-order valence-electron chi connectivity index (χ0n) is 14.0. The molecule has 2 saturated carbocycles. The molecule has 1 aromatic carbocycles. The second-order valence-electron chi connectivity index (χ2n) is 7.66. The number of benzene rings is 1. The number of likely N-dealkylation sites (tertiary alicyclic amines) is 1. The van der Waals surface area contributed by atoms with Crippen molar-refractivity contribution in [2.45, 2.75) is 12.8 Å². The molecule has 4 aliphatic carbocycles. The van der Waals surface area contributed by atoms with Crippen LogP contribution in [-0.4, -0.2) is 29.2 Å². The van der Waals surface area contributed by atoms with Gasteiger partial charge in [0, 0.05) is 11.0 Å². The number of nitrogens with zero attached hydrogens (tertiary/aromatic N) is 1. The fourth-order valence-corrected chi connectivity index (χ4v) is 5.39. The number of ether oxygens (including phenoxy) is 1. The van der Waals surface area contributed by atoms with Crippen molar-refractivity contribution < 1.29 is 19.1 Å². The molecule has 6 heteroatoms. The highest BCUT2D eigenvalue weighted by molar-refractivity contribution is 9.10. The van der Waals surface area contributed by atoms with Crippen LogP contribution in [0.4, 0.5) is 0 Å². The van der Waals surface area contributed by atoms with Gasteiger partial charge in [0.2, 0.25) is 11.8 Å². The van der Waals surface area contributed by atoms with Crippen molar-refractivity contribution in [1.82, 2.24) is 4.90 Å². The maximum atomic E-state index is 12.8. The van der Waals surface area contributed by atoms with Gasteiger partial charge < -0.3 is 4.74 Å². The summed E-state index contributed by atoms with van der Waals surface area (Å²) >= 11 is 3.32. The molecule has 0 unspecified atom stereocenters. The Balaban J connectivity index is 1.24. The number of hydrogen-bond acceptors (Lipinski definition) is 4. The average Bonchev–Trinajstić information content (AvgIpc) is 3.41. The van der Waals surface area contributed by atoms with Crippen molar-refractivity contribution in [3.05, 3.63) is 40.9 Å². The molecule has 0 N–H and O–H groups in total. The summed E-state index contributed by atoms with van der Waals surface area (Å²) in [5.41, 5.74) is 0. The van der Waals surface area contributed by atoms with Gasteiger partial charge in [-0.3, -0.25) is 19.3 Å². The summed E-state index contributed by atoms with van der Waals surface area (Å²) in [5.74, 6) is 1.02. The average molecular weight is 416 g/mol. The summed E-state index contributed by atoms with van der Waals surface area (Å²) in [6, 6.07) is 6.96. The lowest BCUT2D eigenvalue weighted by Gasteiger charge is -2.37. The lowest BCUT2D eigenvalue weighted by atomic mass is 9.63. The van der Waals surface area contributed by atoms with Crippen LogP contribution in [0.25, 0.3) is 0 Å². The second kappa shape index (κ2) is 5.78. The number of hydrogen-bond donors (Lipinski definition) is 0. The minimum atomic E-state index is -0.438. The van der Waals surface area contributed by atoms with Crippen LogP contribution in [0.3, 0.4) is 0 Å². The van der Waals surface area contributed by atoms with Gasteiger partial charge in [0.15, 0.2) is 0 Å². The van der Waals surface area contributed by atoms with Gasteiger partial charge in [-0.25, -0.2) is 0 Å². The highest BCUT2D eigenvalue weighted by Gasteiger charge is 2.66. The third-order valence-corrected chi connectivity index (χ3v) is 6.87. The van der Waals surface area contributed by atoms with Crippen LogP contribution in [0.1, 0.15) is 12.8 Å². The summed E-state index contributed by atoms with van der Waals surface area (Å²) in [6.07, 6.45) is 5.46. The van der Waals surface area contributed by atoms with Gasteiger partial charge in [-0.05, 0) is 54.4 Å². The molecule has 0 radical (unpaired) electrons. The summed E-state index contributed by atoms with van der Waals surface area (Å²) in [6.45, 7) is 0.106. The van der Waals surface area contributed by atoms with E-state index >= 15 is 0 Å². The second-order valence-corrected chi connectivity index (χ2v) is 8.58. The van der Waals surface area contributed by atoms with Crippen molar-refractivity contribution in [2.24, 2.45) is 35.5 Å². The van der Waals surface area contributed by atoms with E-state index in [1.54, 1.807) is 24.3 Å². The number of amides is 2. The zero-order valence-corrected chi connectivity index (χ0v) is 15.6. The van der Waals surface area contributed by atoms with Gasteiger partial charge in [-0.2, -0.15) is 0 Å². The molecule has 1 heterocycles. The standard InChI is InChI=1S/C20H18BrNO4/c21-10-1-3-11(4-2-10)26-16(23)7-8-22-19(24)17-12-5-6-13(15-9-14(12)15)18(17)20(22)25/h1-6,12-15,17-18H,7-9H2/t12-,13+,14-,15+,17+,18-. The maximum absolute atomic E-state index is 12.8. The molecule has 0 spiro atoms. The van der Waals surface area contributed by atoms with Gasteiger partial charge in [0.05, 0.1) is 18.3 Å². The zero-order chi connectivity index (χ0) is 18.0. The molecule has 5 aliphatic rings. The lowest BCUT2D eigenvalue weighted by molar-refractivity contribution is -0.141. The first-order valence-electron chi connectivity index (χ1n) is 9.04. The lowest BCUT2D eigenvalue weighted by Crippen LogP contribution is -2.40. The van der Waals surface area contributed by atoms with E-state index in [1.807, 2.05) is 0 Å². The van der Waals surface area contributed by atoms with Gasteiger partial charge >= 0.3 is 5.97 Å². The quantitative estimate of drug-likeness (QED) is 0.328. The summed E-state index contributed by atoms with van der Waals surface area (Å²) in [4.78, 5) is 39.0. The van der Waals surface area contributed by atoms with E-state index in [-0.39, 0.29) is 48.5 Å². The first kappa shape index (κ1) is 16.2. The Labute approximate surface area is 159 Å². The molecule has 1 aliphatic heterocycles. The molecule has 5 nitrogen and oxygen atoms in total. The Bertz CT molecular complexity index is 797. The Kier molecular flexibility index (Phi) is 3.61.